The van der Waals surface area contributed by atoms with Crippen molar-refractivity contribution in [3.63, 3.8) is 0 Å². The van der Waals surface area contributed by atoms with Crippen LogP contribution in [0.25, 0.3) is 0 Å². The van der Waals surface area contributed by atoms with Crippen LogP contribution in [-0.4, -0.2) is 5.91 Å². The SMILES string of the molecule is CCC1(CC)O[C@H](c2ccc(NC(C)=O)cc2)Nc2ccccc21. The Morgan fingerprint density at radius 3 is 2.42 bits per heavy atom. The van der Waals surface area contributed by atoms with Crippen LogP contribution in [0.3, 0.4) is 0 Å². The van der Waals surface area contributed by atoms with Gasteiger partial charge < -0.3 is 15.4 Å². The first kappa shape index (κ1) is 16.5. The maximum atomic E-state index is 11.2. The topological polar surface area (TPSA) is 50.4 Å². The van der Waals surface area contributed by atoms with Crippen LogP contribution in [0.1, 0.15) is 51.0 Å². The highest BCUT2D eigenvalue weighted by Gasteiger charge is 2.38. The van der Waals surface area contributed by atoms with Crippen molar-refractivity contribution < 1.29 is 9.53 Å². The lowest BCUT2D eigenvalue weighted by Crippen LogP contribution is -2.37. The van der Waals surface area contributed by atoms with Gasteiger partial charge in [-0.3, -0.25) is 4.79 Å². The summed E-state index contributed by atoms with van der Waals surface area (Å²) < 4.78 is 6.51. The summed E-state index contributed by atoms with van der Waals surface area (Å²) in [6, 6.07) is 16.2. The molecule has 0 unspecified atom stereocenters. The minimum atomic E-state index is -0.275. The molecule has 2 aromatic carbocycles. The largest absolute Gasteiger partial charge is 0.356 e. The highest BCUT2D eigenvalue weighted by molar-refractivity contribution is 5.88. The van der Waals surface area contributed by atoms with Gasteiger partial charge in [0.05, 0.1) is 5.60 Å². The molecule has 1 aliphatic heterocycles. The molecule has 4 nitrogen and oxygen atoms in total. The van der Waals surface area contributed by atoms with Crippen LogP contribution in [0.5, 0.6) is 0 Å². The van der Waals surface area contributed by atoms with Crippen LogP contribution in [0.4, 0.5) is 11.4 Å². The number of hydrogen-bond acceptors (Lipinski definition) is 3. The summed E-state index contributed by atoms with van der Waals surface area (Å²) in [4.78, 5) is 11.2. The summed E-state index contributed by atoms with van der Waals surface area (Å²) in [7, 11) is 0. The highest BCUT2D eigenvalue weighted by atomic mass is 16.5. The number of nitrogens with one attached hydrogen (secondary N) is 2. The minimum absolute atomic E-state index is 0.0697. The molecule has 0 spiro atoms. The second kappa shape index (κ2) is 6.65. The number of amides is 1. The summed E-state index contributed by atoms with van der Waals surface area (Å²) >= 11 is 0. The standard InChI is InChI=1S/C20H24N2O2/c1-4-20(5-2)17-8-6-7-9-18(17)22-19(24-20)15-10-12-16(13-11-15)21-14(3)23/h6-13,19,22H,4-5H2,1-3H3,(H,21,23)/t19-/m1/s1. The molecule has 3 rings (SSSR count). The van der Waals surface area contributed by atoms with Gasteiger partial charge >= 0.3 is 0 Å². The number of fused-ring (bicyclic) bond motifs is 1. The molecule has 0 saturated heterocycles. The molecular weight excluding hydrogens is 300 g/mol. The van der Waals surface area contributed by atoms with E-state index < -0.39 is 0 Å². The third-order valence-corrected chi connectivity index (χ3v) is 4.72. The summed E-state index contributed by atoms with van der Waals surface area (Å²) in [5.74, 6) is -0.0697. The van der Waals surface area contributed by atoms with Gasteiger partial charge in [0.1, 0.15) is 0 Å². The van der Waals surface area contributed by atoms with Gasteiger partial charge in [-0.1, -0.05) is 44.2 Å². The second-order valence-electron chi connectivity index (χ2n) is 6.19. The summed E-state index contributed by atoms with van der Waals surface area (Å²) in [6.07, 6.45) is 1.64. The zero-order valence-electron chi connectivity index (χ0n) is 14.4. The van der Waals surface area contributed by atoms with E-state index in [4.69, 9.17) is 4.74 Å². The Morgan fingerprint density at radius 1 is 1.12 bits per heavy atom. The van der Waals surface area contributed by atoms with Crippen LogP contribution in [0.15, 0.2) is 48.5 Å². The van der Waals surface area contributed by atoms with E-state index in [0.717, 1.165) is 29.8 Å². The molecule has 1 aliphatic rings. The zero-order valence-corrected chi connectivity index (χ0v) is 14.4. The molecule has 1 atom stereocenters. The molecule has 4 heteroatoms. The Kier molecular flexibility index (Phi) is 4.58. The van der Waals surface area contributed by atoms with Gasteiger partial charge in [-0.2, -0.15) is 0 Å². The maximum absolute atomic E-state index is 11.2. The van der Waals surface area contributed by atoms with Gasteiger partial charge in [0, 0.05) is 29.4 Å². The Bertz CT molecular complexity index is 721. The van der Waals surface area contributed by atoms with Crippen molar-refractivity contribution in [2.45, 2.75) is 45.4 Å². The maximum Gasteiger partial charge on any atom is 0.221 e. The van der Waals surface area contributed by atoms with E-state index in [1.54, 1.807) is 0 Å². The fraction of sp³-hybridized carbons (Fsp3) is 0.350. The number of carbonyl (C=O) groups excluding carboxylic acids is 1. The summed E-state index contributed by atoms with van der Waals surface area (Å²) in [5.41, 5.74) is 3.91. The van der Waals surface area contributed by atoms with E-state index in [-0.39, 0.29) is 17.7 Å². The Morgan fingerprint density at radius 2 is 1.79 bits per heavy atom. The number of benzene rings is 2. The smallest absolute Gasteiger partial charge is 0.221 e. The summed E-state index contributed by atoms with van der Waals surface area (Å²) in [6.45, 7) is 5.85. The Hall–Kier alpha value is -2.33. The average Bonchev–Trinajstić information content (AvgIpc) is 2.61. The third-order valence-electron chi connectivity index (χ3n) is 4.72. The van der Waals surface area contributed by atoms with Crippen molar-refractivity contribution in [2.24, 2.45) is 0 Å². The fourth-order valence-corrected chi connectivity index (χ4v) is 3.36. The quantitative estimate of drug-likeness (QED) is 0.849. The molecule has 0 aliphatic carbocycles. The van der Waals surface area contributed by atoms with Crippen LogP contribution in [0, 0.1) is 0 Å². The molecule has 24 heavy (non-hydrogen) atoms. The van der Waals surface area contributed by atoms with E-state index in [9.17, 15) is 4.79 Å². The van der Waals surface area contributed by atoms with Crippen molar-refractivity contribution in [3.8, 4) is 0 Å². The van der Waals surface area contributed by atoms with E-state index in [1.807, 2.05) is 30.3 Å². The van der Waals surface area contributed by atoms with E-state index >= 15 is 0 Å². The molecular formula is C20H24N2O2. The van der Waals surface area contributed by atoms with Crippen LogP contribution >= 0.6 is 0 Å². The predicted molar refractivity (Wildman–Crippen MR) is 96.9 cm³/mol. The highest BCUT2D eigenvalue weighted by Crippen LogP contribution is 2.45. The monoisotopic (exact) mass is 324 g/mol. The second-order valence-corrected chi connectivity index (χ2v) is 6.19. The minimum Gasteiger partial charge on any atom is -0.356 e. The lowest BCUT2D eigenvalue weighted by atomic mass is 9.85. The number of para-hydroxylation sites is 1. The van der Waals surface area contributed by atoms with E-state index in [1.165, 1.54) is 12.5 Å². The molecule has 2 N–H and O–H groups in total. The van der Waals surface area contributed by atoms with Gasteiger partial charge in [0.25, 0.3) is 0 Å². The van der Waals surface area contributed by atoms with Crippen molar-refractivity contribution in [1.29, 1.82) is 0 Å². The van der Waals surface area contributed by atoms with Gasteiger partial charge in [-0.05, 0) is 31.0 Å². The molecule has 0 saturated carbocycles. The van der Waals surface area contributed by atoms with Crippen molar-refractivity contribution >= 4 is 17.3 Å². The van der Waals surface area contributed by atoms with Crippen LogP contribution < -0.4 is 10.6 Å². The molecule has 0 aromatic heterocycles. The molecule has 1 amide bonds. The van der Waals surface area contributed by atoms with E-state index in [0.29, 0.717) is 0 Å². The van der Waals surface area contributed by atoms with Crippen molar-refractivity contribution in [3.05, 3.63) is 59.7 Å². The van der Waals surface area contributed by atoms with Gasteiger partial charge in [-0.25, -0.2) is 0 Å². The summed E-state index contributed by atoms with van der Waals surface area (Å²) in [5, 5.41) is 6.28. The molecule has 0 radical (unpaired) electrons. The predicted octanol–water partition coefficient (Wildman–Crippen LogP) is 4.80. The van der Waals surface area contributed by atoms with E-state index in [2.05, 4.69) is 42.7 Å². The van der Waals surface area contributed by atoms with Crippen LogP contribution in [0.2, 0.25) is 0 Å². The Balaban J connectivity index is 1.92. The lowest BCUT2D eigenvalue weighted by Gasteiger charge is -2.43. The van der Waals surface area contributed by atoms with Gasteiger partial charge in [0.15, 0.2) is 6.23 Å². The van der Waals surface area contributed by atoms with Crippen LogP contribution in [-0.2, 0) is 15.1 Å². The first-order valence-electron chi connectivity index (χ1n) is 8.49. The number of carbonyl (C=O) groups is 1. The Labute approximate surface area is 143 Å². The fourth-order valence-electron chi connectivity index (χ4n) is 3.36. The van der Waals surface area contributed by atoms with Crippen molar-refractivity contribution in [2.75, 3.05) is 10.6 Å². The molecule has 126 valence electrons. The number of rotatable bonds is 4. The first-order chi connectivity index (χ1) is 11.6. The normalized spacial score (nSPS) is 18.4. The zero-order chi connectivity index (χ0) is 17.2. The number of ether oxygens (including phenoxy) is 1. The third kappa shape index (κ3) is 3.02. The van der Waals surface area contributed by atoms with Gasteiger partial charge in [-0.15, -0.1) is 0 Å². The number of hydrogen-bond donors (Lipinski definition) is 2. The number of anilines is 2. The lowest BCUT2D eigenvalue weighted by molar-refractivity contribution is -0.114. The van der Waals surface area contributed by atoms with Crippen molar-refractivity contribution in [1.82, 2.24) is 0 Å². The molecule has 1 heterocycles. The average molecular weight is 324 g/mol. The molecule has 0 bridgehead atoms. The molecule has 2 aromatic rings. The first-order valence-corrected chi connectivity index (χ1v) is 8.49. The van der Waals surface area contributed by atoms with Gasteiger partial charge in [0.2, 0.25) is 5.91 Å². The molecule has 0 fully saturated rings.